The van der Waals surface area contributed by atoms with Crippen molar-refractivity contribution in [2.24, 2.45) is 5.10 Å². The third-order valence-corrected chi connectivity index (χ3v) is 3.75. The van der Waals surface area contributed by atoms with Crippen LogP contribution in [0.5, 0.6) is 0 Å². The molecule has 0 atom stereocenters. The number of nitrogen functional groups attached to an aromatic ring is 1. The number of anilines is 1. The van der Waals surface area contributed by atoms with E-state index in [1.54, 1.807) is 0 Å². The van der Waals surface area contributed by atoms with E-state index in [1.165, 1.54) is 0 Å². The highest BCUT2D eigenvalue weighted by Gasteiger charge is 2.19. The van der Waals surface area contributed by atoms with Crippen molar-refractivity contribution in [2.75, 3.05) is 5.73 Å². The molecule has 0 spiro atoms. The van der Waals surface area contributed by atoms with Gasteiger partial charge in [-0.3, -0.25) is 4.79 Å². The van der Waals surface area contributed by atoms with Gasteiger partial charge in [0, 0.05) is 11.6 Å². The normalized spacial score (nSPS) is 11.0. The van der Waals surface area contributed by atoms with Gasteiger partial charge in [0.25, 0.3) is 5.91 Å². The molecule has 0 radical (unpaired) electrons. The zero-order valence-electron chi connectivity index (χ0n) is 11.1. The van der Waals surface area contributed by atoms with Crippen molar-refractivity contribution < 1.29 is 13.6 Å². The highest BCUT2D eigenvalue weighted by molar-refractivity contribution is 6.46. The summed E-state index contributed by atoms with van der Waals surface area (Å²) >= 11 is 17.3. The number of benzene rings is 1. The van der Waals surface area contributed by atoms with Gasteiger partial charge in [-0.2, -0.15) is 5.10 Å². The van der Waals surface area contributed by atoms with Crippen LogP contribution in [0.4, 0.5) is 14.5 Å². The van der Waals surface area contributed by atoms with Gasteiger partial charge in [-0.25, -0.2) is 19.2 Å². The molecule has 0 bridgehead atoms. The predicted octanol–water partition coefficient (Wildman–Crippen LogP) is 3.67. The first-order valence-electron chi connectivity index (χ1n) is 5.89. The van der Waals surface area contributed by atoms with Crippen LogP contribution in [0.25, 0.3) is 0 Å². The summed E-state index contributed by atoms with van der Waals surface area (Å²) in [6, 6.07) is 2.88. The molecular weight excluding hydrogens is 373 g/mol. The van der Waals surface area contributed by atoms with E-state index in [2.05, 4.69) is 15.5 Å². The van der Waals surface area contributed by atoms with Crippen molar-refractivity contribution in [3.63, 3.8) is 0 Å². The van der Waals surface area contributed by atoms with E-state index >= 15 is 0 Å². The number of carbonyl (C=O) groups excluding carboxylic acids is 1. The van der Waals surface area contributed by atoms with Crippen molar-refractivity contribution in [1.29, 1.82) is 0 Å². The smallest absolute Gasteiger partial charge is 0.291 e. The number of halogens is 5. The average molecular weight is 380 g/mol. The summed E-state index contributed by atoms with van der Waals surface area (Å²) < 4.78 is 26.1. The lowest BCUT2D eigenvalue weighted by atomic mass is 10.2. The van der Waals surface area contributed by atoms with Crippen LogP contribution in [-0.2, 0) is 0 Å². The van der Waals surface area contributed by atoms with Gasteiger partial charge in [-0.05, 0) is 12.1 Å². The van der Waals surface area contributed by atoms with Crippen molar-refractivity contribution in [3.8, 4) is 0 Å². The Bertz CT molecular complexity index is 814. The molecule has 0 aliphatic rings. The van der Waals surface area contributed by atoms with Crippen LogP contribution >= 0.6 is 34.8 Å². The van der Waals surface area contributed by atoms with Gasteiger partial charge in [0.05, 0.1) is 16.9 Å². The van der Waals surface area contributed by atoms with Crippen molar-refractivity contribution in [1.82, 2.24) is 10.4 Å². The second-order valence-corrected chi connectivity index (χ2v) is 5.27. The molecule has 1 aromatic heterocycles. The molecule has 0 saturated carbocycles. The van der Waals surface area contributed by atoms with Crippen molar-refractivity contribution in [2.45, 2.75) is 0 Å². The molecule has 2 rings (SSSR count). The maximum atomic E-state index is 13.4. The molecule has 0 fully saturated rings. The molecule has 2 aromatic rings. The molecule has 0 saturated heterocycles. The van der Waals surface area contributed by atoms with Crippen LogP contribution in [0.1, 0.15) is 16.1 Å². The van der Waals surface area contributed by atoms with Crippen molar-refractivity contribution >= 4 is 52.6 Å². The molecule has 0 unspecified atom stereocenters. The van der Waals surface area contributed by atoms with E-state index in [0.717, 1.165) is 18.3 Å². The van der Waals surface area contributed by atoms with Gasteiger partial charge in [0.15, 0.2) is 10.8 Å². The minimum absolute atomic E-state index is 0.0283. The summed E-state index contributed by atoms with van der Waals surface area (Å²) in [4.78, 5) is 15.6. The van der Waals surface area contributed by atoms with E-state index in [0.29, 0.717) is 6.07 Å². The standard InChI is InChI=1S/C13H7Cl3F2N4O/c14-8-10(19)9(15)12(16)21-11(8)13(23)22-20-4-5-1-2-6(17)3-7(5)18/h1-4H,(H2,19,21)(H,22,23)/b20-4-. The molecule has 0 aliphatic heterocycles. The van der Waals surface area contributed by atoms with Gasteiger partial charge in [0.2, 0.25) is 0 Å². The third-order valence-electron chi connectivity index (χ3n) is 2.62. The fraction of sp³-hybridized carbons (Fsp3) is 0. The second-order valence-electron chi connectivity index (χ2n) is 4.16. The first-order chi connectivity index (χ1) is 10.8. The molecular formula is C13H7Cl3F2N4O. The van der Waals surface area contributed by atoms with Gasteiger partial charge in [-0.15, -0.1) is 0 Å². The number of carbonyl (C=O) groups is 1. The van der Waals surface area contributed by atoms with Crippen LogP contribution in [0.2, 0.25) is 15.2 Å². The van der Waals surface area contributed by atoms with Gasteiger partial charge >= 0.3 is 0 Å². The van der Waals surface area contributed by atoms with Gasteiger partial charge in [-0.1, -0.05) is 34.8 Å². The zero-order valence-corrected chi connectivity index (χ0v) is 13.3. The predicted molar refractivity (Wildman–Crippen MR) is 85.1 cm³/mol. The van der Waals surface area contributed by atoms with Crippen LogP contribution in [0.3, 0.4) is 0 Å². The van der Waals surface area contributed by atoms with Gasteiger partial charge < -0.3 is 5.73 Å². The summed E-state index contributed by atoms with van der Waals surface area (Å²) in [5.41, 5.74) is 7.22. The number of hydrogen-bond donors (Lipinski definition) is 2. The lowest BCUT2D eigenvalue weighted by molar-refractivity contribution is 0.0950. The number of pyridine rings is 1. The fourth-order valence-electron chi connectivity index (χ4n) is 1.50. The summed E-state index contributed by atoms with van der Waals surface area (Å²) in [5, 5.41) is 3.05. The first kappa shape index (κ1) is 17.4. The Balaban J connectivity index is 2.18. The maximum Gasteiger partial charge on any atom is 0.291 e. The van der Waals surface area contributed by atoms with Gasteiger partial charge in [0.1, 0.15) is 16.7 Å². The minimum Gasteiger partial charge on any atom is -0.396 e. The lowest BCUT2D eigenvalue weighted by Crippen LogP contribution is -2.20. The number of amides is 1. The van der Waals surface area contributed by atoms with E-state index in [4.69, 9.17) is 40.5 Å². The van der Waals surface area contributed by atoms with E-state index in [9.17, 15) is 13.6 Å². The number of hydrazone groups is 1. The Hall–Kier alpha value is -1.96. The molecule has 3 N–H and O–H groups in total. The SMILES string of the molecule is Nc1c(Cl)c(Cl)nc(C(=O)N/N=C\c2ccc(F)cc2F)c1Cl. The maximum absolute atomic E-state index is 13.4. The first-order valence-corrected chi connectivity index (χ1v) is 7.03. The monoisotopic (exact) mass is 378 g/mol. The number of nitrogens with one attached hydrogen (secondary N) is 1. The fourth-order valence-corrected chi connectivity index (χ4v) is 2.10. The Morgan fingerprint density at radius 3 is 2.61 bits per heavy atom. The highest BCUT2D eigenvalue weighted by Crippen LogP contribution is 2.34. The molecule has 1 aromatic carbocycles. The zero-order chi connectivity index (χ0) is 17.1. The second kappa shape index (κ2) is 7.08. The number of hydrogen-bond acceptors (Lipinski definition) is 4. The van der Waals surface area contributed by atoms with Crippen LogP contribution in [0.15, 0.2) is 23.3 Å². The molecule has 10 heteroatoms. The number of nitrogens with zero attached hydrogens (tertiary/aromatic N) is 2. The van der Waals surface area contributed by atoms with E-state index < -0.39 is 17.5 Å². The van der Waals surface area contributed by atoms with Crippen molar-refractivity contribution in [3.05, 3.63) is 56.3 Å². The Morgan fingerprint density at radius 1 is 1.26 bits per heavy atom. The molecule has 120 valence electrons. The quantitative estimate of drug-likeness (QED) is 0.485. The number of nitrogens with two attached hydrogens (primary N) is 1. The van der Waals surface area contributed by atoms with E-state index in [1.807, 2.05) is 0 Å². The summed E-state index contributed by atoms with van der Waals surface area (Å²) in [5.74, 6) is -2.40. The Morgan fingerprint density at radius 2 is 1.96 bits per heavy atom. The average Bonchev–Trinajstić information content (AvgIpc) is 2.50. The molecule has 23 heavy (non-hydrogen) atoms. The number of rotatable bonds is 3. The van der Waals surface area contributed by atoms with E-state index in [-0.39, 0.29) is 32.1 Å². The van der Waals surface area contributed by atoms with Crippen LogP contribution in [0, 0.1) is 11.6 Å². The highest BCUT2D eigenvalue weighted by atomic mass is 35.5. The Kier molecular flexibility index (Phi) is 5.35. The summed E-state index contributed by atoms with van der Waals surface area (Å²) in [6.45, 7) is 0. The molecule has 1 amide bonds. The van der Waals surface area contributed by atoms with Crippen LogP contribution < -0.4 is 11.2 Å². The lowest BCUT2D eigenvalue weighted by Gasteiger charge is -2.07. The Labute approximate surface area is 144 Å². The molecule has 0 aliphatic carbocycles. The molecule has 5 nitrogen and oxygen atoms in total. The third kappa shape index (κ3) is 3.87. The summed E-state index contributed by atoms with van der Waals surface area (Å²) in [6.07, 6.45) is 0.988. The van der Waals surface area contributed by atoms with Crippen LogP contribution in [-0.4, -0.2) is 17.1 Å². The topological polar surface area (TPSA) is 80.4 Å². The minimum atomic E-state index is -0.835. The number of aromatic nitrogens is 1. The summed E-state index contributed by atoms with van der Waals surface area (Å²) in [7, 11) is 0. The molecule has 1 heterocycles. The largest absolute Gasteiger partial charge is 0.396 e.